The lowest BCUT2D eigenvalue weighted by molar-refractivity contribution is -0.122. The van der Waals surface area contributed by atoms with E-state index in [2.05, 4.69) is 10.6 Å². The average Bonchev–Trinajstić information content (AvgIpc) is 3.43. The largest absolute Gasteiger partial charge is 0.462 e. The molecule has 2 amide bonds. The van der Waals surface area contributed by atoms with Crippen molar-refractivity contribution in [3.05, 3.63) is 59.1 Å². The Balaban J connectivity index is 1.61. The molecule has 0 radical (unpaired) electrons. The van der Waals surface area contributed by atoms with Crippen molar-refractivity contribution in [2.24, 2.45) is 11.8 Å². The highest BCUT2D eigenvalue weighted by Gasteiger charge is 2.48. The summed E-state index contributed by atoms with van der Waals surface area (Å²) in [5.74, 6) is -1.85. The number of carbonyl (C=O) groups excluding carboxylic acids is 3. The van der Waals surface area contributed by atoms with Crippen LogP contribution in [0.2, 0.25) is 5.02 Å². The Labute approximate surface area is 161 Å². The fourth-order valence-corrected chi connectivity index (χ4v) is 2.97. The SMILES string of the molecule is CCOC(=O)c1ccccc1NC(=O)C1CC1C(=O)Nc1cccc(Cl)c1. The van der Waals surface area contributed by atoms with E-state index in [0.29, 0.717) is 22.8 Å². The zero-order valence-corrected chi connectivity index (χ0v) is 15.5. The highest BCUT2D eigenvalue weighted by atomic mass is 35.5. The van der Waals surface area contributed by atoms with Gasteiger partial charge in [0.25, 0.3) is 0 Å². The molecular weight excluding hydrogens is 368 g/mol. The molecule has 2 unspecified atom stereocenters. The highest BCUT2D eigenvalue weighted by molar-refractivity contribution is 6.30. The third kappa shape index (κ3) is 4.65. The Morgan fingerprint density at radius 1 is 1.04 bits per heavy atom. The molecule has 0 heterocycles. The van der Waals surface area contributed by atoms with Crippen LogP contribution >= 0.6 is 11.6 Å². The van der Waals surface area contributed by atoms with Crippen LogP contribution in [-0.4, -0.2) is 24.4 Å². The summed E-state index contributed by atoms with van der Waals surface area (Å²) >= 11 is 5.90. The first-order valence-corrected chi connectivity index (χ1v) is 9.01. The van der Waals surface area contributed by atoms with Crippen LogP contribution in [0.1, 0.15) is 23.7 Å². The normalized spacial score (nSPS) is 17.7. The monoisotopic (exact) mass is 386 g/mol. The van der Waals surface area contributed by atoms with Gasteiger partial charge in [0.05, 0.1) is 29.7 Å². The molecular formula is C20H19ClN2O4. The smallest absolute Gasteiger partial charge is 0.340 e. The van der Waals surface area contributed by atoms with E-state index >= 15 is 0 Å². The summed E-state index contributed by atoms with van der Waals surface area (Å²) in [5, 5.41) is 6.01. The van der Waals surface area contributed by atoms with E-state index in [1.807, 2.05) is 0 Å². The lowest BCUT2D eigenvalue weighted by Gasteiger charge is -2.10. The maximum atomic E-state index is 12.5. The zero-order valence-electron chi connectivity index (χ0n) is 14.7. The lowest BCUT2D eigenvalue weighted by Crippen LogP contribution is -2.21. The van der Waals surface area contributed by atoms with Gasteiger partial charge < -0.3 is 15.4 Å². The van der Waals surface area contributed by atoms with Crippen LogP contribution in [0.5, 0.6) is 0 Å². The van der Waals surface area contributed by atoms with Crippen LogP contribution in [0, 0.1) is 11.8 Å². The van der Waals surface area contributed by atoms with Gasteiger partial charge in [-0.3, -0.25) is 9.59 Å². The van der Waals surface area contributed by atoms with Crippen molar-refractivity contribution in [2.75, 3.05) is 17.2 Å². The van der Waals surface area contributed by atoms with E-state index in [4.69, 9.17) is 16.3 Å². The Hall–Kier alpha value is -2.86. The highest BCUT2D eigenvalue weighted by Crippen LogP contribution is 2.40. The maximum Gasteiger partial charge on any atom is 0.340 e. The van der Waals surface area contributed by atoms with E-state index in [0.717, 1.165) is 0 Å². The van der Waals surface area contributed by atoms with E-state index in [9.17, 15) is 14.4 Å². The number of carbonyl (C=O) groups is 3. The molecule has 2 aromatic rings. The van der Waals surface area contributed by atoms with Gasteiger partial charge in [-0.1, -0.05) is 29.8 Å². The molecule has 0 aromatic heterocycles. The van der Waals surface area contributed by atoms with Gasteiger partial charge in [-0.15, -0.1) is 0 Å². The number of ether oxygens (including phenoxy) is 1. The molecule has 7 heteroatoms. The number of hydrogen-bond acceptors (Lipinski definition) is 4. The second-order valence-electron chi connectivity index (χ2n) is 6.20. The van der Waals surface area contributed by atoms with Crippen LogP contribution < -0.4 is 10.6 Å². The van der Waals surface area contributed by atoms with Crippen LogP contribution in [0.4, 0.5) is 11.4 Å². The van der Waals surface area contributed by atoms with Crippen molar-refractivity contribution in [1.82, 2.24) is 0 Å². The molecule has 3 rings (SSSR count). The Bertz CT molecular complexity index is 884. The molecule has 0 saturated heterocycles. The molecule has 6 nitrogen and oxygen atoms in total. The average molecular weight is 387 g/mol. The number of rotatable bonds is 6. The zero-order chi connectivity index (χ0) is 19.4. The van der Waals surface area contributed by atoms with E-state index in [1.54, 1.807) is 55.5 Å². The number of benzene rings is 2. The number of anilines is 2. The Morgan fingerprint density at radius 2 is 1.74 bits per heavy atom. The van der Waals surface area contributed by atoms with Gasteiger partial charge in [-0.25, -0.2) is 4.79 Å². The molecule has 2 aromatic carbocycles. The minimum Gasteiger partial charge on any atom is -0.462 e. The van der Waals surface area contributed by atoms with E-state index < -0.39 is 17.8 Å². The summed E-state index contributed by atoms with van der Waals surface area (Å²) in [6.07, 6.45) is 0.458. The second-order valence-corrected chi connectivity index (χ2v) is 6.64. The van der Waals surface area contributed by atoms with Gasteiger partial charge in [0.15, 0.2) is 0 Å². The molecule has 1 aliphatic rings. The van der Waals surface area contributed by atoms with Crippen molar-refractivity contribution in [3.8, 4) is 0 Å². The van der Waals surface area contributed by atoms with Gasteiger partial charge in [0.2, 0.25) is 11.8 Å². The summed E-state index contributed by atoms with van der Waals surface area (Å²) < 4.78 is 5.00. The summed E-state index contributed by atoms with van der Waals surface area (Å²) in [7, 11) is 0. The molecule has 1 saturated carbocycles. The summed E-state index contributed by atoms with van der Waals surface area (Å²) in [6.45, 7) is 1.96. The number of esters is 1. The Kier molecular flexibility index (Phi) is 5.76. The van der Waals surface area contributed by atoms with Crippen molar-refractivity contribution in [1.29, 1.82) is 0 Å². The maximum absolute atomic E-state index is 12.5. The topological polar surface area (TPSA) is 84.5 Å². The third-order valence-corrected chi connectivity index (χ3v) is 4.47. The quantitative estimate of drug-likeness (QED) is 0.741. The van der Waals surface area contributed by atoms with Crippen molar-refractivity contribution >= 4 is 40.8 Å². The summed E-state index contributed by atoms with van der Waals surface area (Å²) in [6, 6.07) is 13.5. The predicted molar refractivity (Wildman–Crippen MR) is 103 cm³/mol. The second kappa shape index (κ2) is 8.22. The first-order chi connectivity index (χ1) is 13.0. The fraction of sp³-hybridized carbons (Fsp3) is 0.250. The van der Waals surface area contributed by atoms with Crippen LogP contribution in [-0.2, 0) is 14.3 Å². The fourth-order valence-electron chi connectivity index (χ4n) is 2.78. The molecule has 0 aliphatic heterocycles. The molecule has 0 spiro atoms. The molecule has 1 fully saturated rings. The molecule has 140 valence electrons. The first-order valence-electron chi connectivity index (χ1n) is 8.63. The minimum absolute atomic E-state index is 0.226. The van der Waals surface area contributed by atoms with Gasteiger partial charge in [-0.2, -0.15) is 0 Å². The van der Waals surface area contributed by atoms with Gasteiger partial charge >= 0.3 is 5.97 Å². The standard InChI is InChI=1S/C20H19ClN2O4/c1-2-27-20(26)14-8-3-4-9-17(14)23-19(25)16-11-15(16)18(24)22-13-7-5-6-12(21)10-13/h3-10,15-16H,2,11H2,1H3,(H,22,24)(H,23,25). The molecule has 2 atom stereocenters. The van der Waals surface area contributed by atoms with E-state index in [1.165, 1.54) is 0 Å². The molecule has 1 aliphatic carbocycles. The molecule has 0 bridgehead atoms. The van der Waals surface area contributed by atoms with Gasteiger partial charge in [0, 0.05) is 10.7 Å². The lowest BCUT2D eigenvalue weighted by atomic mass is 10.1. The van der Waals surface area contributed by atoms with Gasteiger partial charge in [-0.05, 0) is 43.7 Å². The minimum atomic E-state index is -0.501. The number of amides is 2. The third-order valence-electron chi connectivity index (χ3n) is 4.24. The molecule has 2 N–H and O–H groups in total. The van der Waals surface area contributed by atoms with Crippen LogP contribution in [0.25, 0.3) is 0 Å². The van der Waals surface area contributed by atoms with E-state index in [-0.39, 0.29) is 24.0 Å². The summed E-state index contributed by atoms with van der Waals surface area (Å²) in [5.41, 5.74) is 1.25. The number of nitrogens with one attached hydrogen (secondary N) is 2. The first kappa shape index (κ1) is 18.9. The van der Waals surface area contributed by atoms with Crippen LogP contribution in [0.15, 0.2) is 48.5 Å². The van der Waals surface area contributed by atoms with Crippen LogP contribution in [0.3, 0.4) is 0 Å². The van der Waals surface area contributed by atoms with Crippen molar-refractivity contribution in [3.63, 3.8) is 0 Å². The Morgan fingerprint density at radius 3 is 2.44 bits per heavy atom. The number of halogens is 1. The van der Waals surface area contributed by atoms with Gasteiger partial charge in [0.1, 0.15) is 0 Å². The molecule has 27 heavy (non-hydrogen) atoms. The van der Waals surface area contributed by atoms with Crippen molar-refractivity contribution in [2.45, 2.75) is 13.3 Å². The number of para-hydroxylation sites is 1. The predicted octanol–water partition coefficient (Wildman–Crippen LogP) is 3.73. The van der Waals surface area contributed by atoms with Crippen molar-refractivity contribution < 1.29 is 19.1 Å². The number of hydrogen-bond donors (Lipinski definition) is 2. The summed E-state index contributed by atoms with van der Waals surface area (Å²) in [4.78, 5) is 36.8.